The predicted molar refractivity (Wildman–Crippen MR) is 60.8 cm³/mol. The van der Waals surface area contributed by atoms with Gasteiger partial charge in [-0.2, -0.15) is 8.42 Å². The van der Waals surface area contributed by atoms with E-state index >= 15 is 0 Å². The Balaban J connectivity index is 1.93. The zero-order chi connectivity index (χ0) is 12.5. The Morgan fingerprint density at radius 3 is 2.88 bits per heavy atom. The molecule has 1 amide bonds. The minimum absolute atomic E-state index is 0.0452. The maximum atomic E-state index is 12.7. The van der Waals surface area contributed by atoms with E-state index in [-0.39, 0.29) is 18.9 Å². The van der Waals surface area contributed by atoms with Crippen molar-refractivity contribution in [2.45, 2.75) is 18.1 Å². The van der Waals surface area contributed by atoms with Gasteiger partial charge in [-0.15, -0.1) is 15.2 Å². The number of amides is 1. The Bertz CT molecular complexity index is 500. The molecule has 1 fully saturated rings. The SMILES string of the molecule is O=C1CC(S(=O)(=O)F)CN1CCc1cncs1. The number of rotatable bonds is 4. The van der Waals surface area contributed by atoms with E-state index in [1.54, 1.807) is 11.7 Å². The Morgan fingerprint density at radius 1 is 1.59 bits per heavy atom. The number of nitrogens with zero attached hydrogens (tertiary/aromatic N) is 2. The lowest BCUT2D eigenvalue weighted by molar-refractivity contribution is -0.127. The van der Waals surface area contributed by atoms with Crippen molar-refractivity contribution in [1.82, 2.24) is 9.88 Å². The van der Waals surface area contributed by atoms with Crippen LogP contribution < -0.4 is 0 Å². The van der Waals surface area contributed by atoms with Gasteiger partial charge >= 0.3 is 10.2 Å². The number of hydrogen-bond donors (Lipinski definition) is 0. The zero-order valence-corrected chi connectivity index (χ0v) is 10.5. The number of carbonyl (C=O) groups excluding carboxylic acids is 1. The average Bonchev–Trinajstić information content (AvgIpc) is 2.83. The molecule has 5 nitrogen and oxygen atoms in total. The quantitative estimate of drug-likeness (QED) is 0.756. The van der Waals surface area contributed by atoms with Crippen molar-refractivity contribution >= 4 is 27.5 Å². The normalized spacial score (nSPS) is 21.1. The van der Waals surface area contributed by atoms with Gasteiger partial charge in [0.05, 0.1) is 5.51 Å². The van der Waals surface area contributed by atoms with Crippen molar-refractivity contribution in [1.29, 1.82) is 0 Å². The van der Waals surface area contributed by atoms with Crippen molar-refractivity contribution < 1.29 is 17.1 Å². The number of hydrogen-bond acceptors (Lipinski definition) is 5. The van der Waals surface area contributed by atoms with Gasteiger partial charge in [0.2, 0.25) is 5.91 Å². The van der Waals surface area contributed by atoms with Gasteiger partial charge in [0.15, 0.2) is 0 Å². The second kappa shape index (κ2) is 4.69. The monoisotopic (exact) mass is 278 g/mol. The molecule has 1 aliphatic rings. The van der Waals surface area contributed by atoms with Crippen molar-refractivity contribution in [2.75, 3.05) is 13.1 Å². The average molecular weight is 278 g/mol. The number of carbonyl (C=O) groups is 1. The third-order valence-electron chi connectivity index (χ3n) is 2.69. The Labute approximate surface area is 102 Å². The maximum absolute atomic E-state index is 12.7. The molecule has 0 aliphatic carbocycles. The first-order chi connectivity index (χ1) is 7.97. The summed E-state index contributed by atoms with van der Waals surface area (Å²) in [4.78, 5) is 17.8. The highest BCUT2D eigenvalue weighted by Gasteiger charge is 2.37. The lowest BCUT2D eigenvalue weighted by Crippen LogP contribution is -2.29. The minimum Gasteiger partial charge on any atom is -0.341 e. The zero-order valence-electron chi connectivity index (χ0n) is 8.87. The van der Waals surface area contributed by atoms with E-state index in [0.29, 0.717) is 13.0 Å². The smallest absolute Gasteiger partial charge is 0.307 e. The maximum Gasteiger partial charge on any atom is 0.307 e. The summed E-state index contributed by atoms with van der Waals surface area (Å²) >= 11 is 1.47. The summed E-state index contributed by atoms with van der Waals surface area (Å²) in [5.74, 6) is -0.305. The van der Waals surface area contributed by atoms with Crippen LogP contribution in [0.2, 0.25) is 0 Å². The van der Waals surface area contributed by atoms with Crippen molar-refractivity contribution in [3.05, 3.63) is 16.6 Å². The van der Waals surface area contributed by atoms with E-state index < -0.39 is 15.5 Å². The standard InChI is InChI=1S/C9H11FN2O3S2/c10-17(14,15)8-3-9(13)12(5-8)2-1-7-4-11-6-16-7/h4,6,8H,1-3,5H2. The van der Waals surface area contributed by atoms with Gasteiger partial charge in [0.25, 0.3) is 0 Å². The van der Waals surface area contributed by atoms with Crippen LogP contribution in [0.4, 0.5) is 3.89 Å². The largest absolute Gasteiger partial charge is 0.341 e. The Kier molecular flexibility index (Phi) is 3.43. The minimum atomic E-state index is -4.61. The molecule has 1 unspecified atom stereocenters. The van der Waals surface area contributed by atoms with E-state index in [9.17, 15) is 17.1 Å². The summed E-state index contributed by atoms with van der Waals surface area (Å²) in [6.07, 6.45) is 2.07. The molecule has 8 heteroatoms. The molecular weight excluding hydrogens is 267 g/mol. The van der Waals surface area contributed by atoms with Crippen LogP contribution in [-0.2, 0) is 21.4 Å². The van der Waals surface area contributed by atoms with Gasteiger partial charge in [-0.05, 0) is 0 Å². The second-order valence-electron chi connectivity index (χ2n) is 3.86. The van der Waals surface area contributed by atoms with E-state index in [1.165, 1.54) is 16.2 Å². The van der Waals surface area contributed by atoms with Crippen LogP contribution >= 0.6 is 11.3 Å². The first-order valence-corrected chi connectivity index (χ1v) is 7.38. The van der Waals surface area contributed by atoms with E-state index in [2.05, 4.69) is 4.98 Å². The summed E-state index contributed by atoms with van der Waals surface area (Å²) in [7, 11) is -4.61. The van der Waals surface area contributed by atoms with Crippen LogP contribution in [-0.4, -0.2) is 42.5 Å². The van der Waals surface area contributed by atoms with Crippen LogP contribution in [0.3, 0.4) is 0 Å². The fourth-order valence-electron chi connectivity index (χ4n) is 1.75. The van der Waals surface area contributed by atoms with Gasteiger partial charge in [-0.3, -0.25) is 9.78 Å². The number of likely N-dealkylation sites (tertiary alicyclic amines) is 1. The molecule has 1 aromatic rings. The van der Waals surface area contributed by atoms with Crippen molar-refractivity contribution in [3.63, 3.8) is 0 Å². The predicted octanol–water partition coefficient (Wildman–Crippen LogP) is 0.586. The van der Waals surface area contributed by atoms with Crippen LogP contribution in [0, 0.1) is 0 Å². The molecule has 1 atom stereocenters. The third kappa shape index (κ3) is 3.01. The number of thiazole rings is 1. The summed E-state index contributed by atoms with van der Waals surface area (Å²) in [5, 5.41) is -1.20. The Morgan fingerprint density at radius 2 is 2.35 bits per heavy atom. The van der Waals surface area contributed by atoms with Crippen molar-refractivity contribution in [3.8, 4) is 0 Å². The van der Waals surface area contributed by atoms with Crippen LogP contribution in [0.25, 0.3) is 0 Å². The molecular formula is C9H11FN2O3S2. The molecule has 17 heavy (non-hydrogen) atoms. The second-order valence-corrected chi connectivity index (χ2v) is 6.45. The first kappa shape index (κ1) is 12.4. The highest BCUT2D eigenvalue weighted by atomic mass is 32.3. The number of aromatic nitrogens is 1. The van der Waals surface area contributed by atoms with Crippen LogP contribution in [0.5, 0.6) is 0 Å². The topological polar surface area (TPSA) is 67.3 Å². The fraction of sp³-hybridized carbons (Fsp3) is 0.556. The molecule has 0 radical (unpaired) electrons. The highest BCUT2D eigenvalue weighted by Crippen LogP contribution is 2.20. The fourth-order valence-corrected chi connectivity index (χ4v) is 3.04. The van der Waals surface area contributed by atoms with E-state index in [0.717, 1.165) is 4.88 Å². The van der Waals surface area contributed by atoms with Gasteiger partial charge in [0, 0.05) is 37.0 Å². The molecule has 94 valence electrons. The molecule has 1 saturated heterocycles. The molecule has 0 saturated carbocycles. The van der Waals surface area contributed by atoms with E-state index in [4.69, 9.17) is 0 Å². The van der Waals surface area contributed by atoms with Crippen LogP contribution in [0.1, 0.15) is 11.3 Å². The van der Waals surface area contributed by atoms with Crippen LogP contribution in [0.15, 0.2) is 11.7 Å². The summed E-state index contributed by atoms with van der Waals surface area (Å²) < 4.78 is 34.1. The molecule has 0 aromatic carbocycles. The third-order valence-corrected chi connectivity index (χ3v) is 4.64. The molecule has 2 heterocycles. The Hall–Kier alpha value is -1.02. The summed E-state index contributed by atoms with van der Waals surface area (Å²) in [6, 6.07) is 0. The van der Waals surface area contributed by atoms with Gasteiger partial charge < -0.3 is 4.90 Å². The molecule has 0 N–H and O–H groups in total. The van der Waals surface area contributed by atoms with Gasteiger partial charge in [0.1, 0.15) is 5.25 Å². The number of halogens is 1. The van der Waals surface area contributed by atoms with Gasteiger partial charge in [-0.1, -0.05) is 0 Å². The van der Waals surface area contributed by atoms with Gasteiger partial charge in [-0.25, -0.2) is 0 Å². The summed E-state index contributed by atoms with van der Waals surface area (Å²) in [5.41, 5.74) is 1.69. The highest BCUT2D eigenvalue weighted by molar-refractivity contribution is 7.87. The van der Waals surface area contributed by atoms with E-state index in [1.807, 2.05) is 0 Å². The molecule has 0 bridgehead atoms. The lowest BCUT2D eigenvalue weighted by Gasteiger charge is -2.14. The molecule has 1 aliphatic heterocycles. The lowest BCUT2D eigenvalue weighted by atomic mass is 10.3. The first-order valence-electron chi connectivity index (χ1n) is 5.05. The molecule has 2 rings (SSSR count). The van der Waals surface area contributed by atoms with Crippen molar-refractivity contribution in [2.24, 2.45) is 0 Å². The molecule has 1 aromatic heterocycles. The summed E-state index contributed by atoms with van der Waals surface area (Å²) in [6.45, 7) is 0.365. The molecule has 0 spiro atoms.